The van der Waals surface area contributed by atoms with Crippen LogP contribution >= 0.6 is 0 Å². The number of nitrogen functional groups attached to an aromatic ring is 1. The maximum Gasteiger partial charge on any atom is 0.169 e. The molecule has 0 radical (unpaired) electrons. The minimum Gasteiger partial charge on any atom is -0.496 e. The van der Waals surface area contributed by atoms with Gasteiger partial charge in [-0.2, -0.15) is 5.10 Å². The second-order valence-corrected chi connectivity index (χ2v) is 11.8. The Morgan fingerprint density at radius 1 is 0.913 bits per heavy atom. The molecule has 0 aliphatic carbocycles. The number of aromatic amines is 1. The Kier molecular flexibility index (Phi) is 8.60. The molecule has 0 amide bonds. The summed E-state index contributed by atoms with van der Waals surface area (Å²) in [6, 6.07) is 22.7. The van der Waals surface area contributed by atoms with E-state index >= 15 is 0 Å². The standard InChI is InChI=1S/C35H39N9O2/c1-45-19-5-14-42-15-17-43(18-16-42)22-24-8-11-27(12-9-24)44-35-32(34(36)37-23-38-35)33(41-44)26-10-13-28-29(20-26)40-31(39-28)21-25-6-3-4-7-30(25)46-2/h3-4,6-13,20,23H,5,14-19,21-22H2,1-2H3,(H,39,40)(H2,36,37,38). The van der Waals surface area contributed by atoms with Gasteiger partial charge in [0, 0.05) is 70.5 Å². The minimum atomic E-state index is 0.392. The van der Waals surface area contributed by atoms with Gasteiger partial charge in [0.2, 0.25) is 0 Å². The van der Waals surface area contributed by atoms with E-state index in [-0.39, 0.29) is 0 Å². The number of imidazole rings is 1. The van der Waals surface area contributed by atoms with Crippen molar-refractivity contribution in [2.24, 2.45) is 0 Å². The Balaban J connectivity index is 1.12. The number of rotatable bonds is 11. The number of para-hydroxylation sites is 1. The number of anilines is 1. The number of nitrogens with two attached hydrogens (primary N) is 1. The van der Waals surface area contributed by atoms with Gasteiger partial charge in [0.05, 0.1) is 29.2 Å². The van der Waals surface area contributed by atoms with Gasteiger partial charge in [-0.25, -0.2) is 19.6 Å². The van der Waals surface area contributed by atoms with E-state index in [1.54, 1.807) is 14.2 Å². The topological polar surface area (TPSA) is 123 Å². The van der Waals surface area contributed by atoms with E-state index in [0.29, 0.717) is 17.9 Å². The first-order valence-electron chi connectivity index (χ1n) is 15.7. The summed E-state index contributed by atoms with van der Waals surface area (Å²) in [6.45, 7) is 7.18. The van der Waals surface area contributed by atoms with Gasteiger partial charge in [0.1, 0.15) is 29.4 Å². The zero-order valence-electron chi connectivity index (χ0n) is 26.3. The Labute approximate surface area is 268 Å². The van der Waals surface area contributed by atoms with Crippen LogP contribution in [0.2, 0.25) is 0 Å². The lowest BCUT2D eigenvalue weighted by Gasteiger charge is -2.34. The molecule has 0 bridgehead atoms. The predicted molar refractivity (Wildman–Crippen MR) is 180 cm³/mol. The first-order valence-corrected chi connectivity index (χ1v) is 15.7. The first-order chi connectivity index (χ1) is 22.6. The van der Waals surface area contributed by atoms with E-state index in [1.807, 2.05) is 41.1 Å². The second kappa shape index (κ2) is 13.3. The van der Waals surface area contributed by atoms with Crippen LogP contribution in [-0.4, -0.2) is 93.1 Å². The maximum absolute atomic E-state index is 6.43. The summed E-state index contributed by atoms with van der Waals surface area (Å²) >= 11 is 0. The van der Waals surface area contributed by atoms with Crippen molar-refractivity contribution >= 4 is 27.9 Å². The first kappa shape index (κ1) is 29.8. The van der Waals surface area contributed by atoms with Gasteiger partial charge in [-0.3, -0.25) is 4.90 Å². The summed E-state index contributed by atoms with van der Waals surface area (Å²) in [6.07, 6.45) is 3.21. The van der Waals surface area contributed by atoms with Crippen LogP contribution in [0.3, 0.4) is 0 Å². The number of hydrogen-bond acceptors (Lipinski definition) is 9. The number of nitrogens with one attached hydrogen (secondary N) is 1. The fraction of sp³-hybridized carbons (Fsp3) is 0.314. The van der Waals surface area contributed by atoms with Crippen LogP contribution < -0.4 is 10.5 Å². The fourth-order valence-corrected chi connectivity index (χ4v) is 6.28. The van der Waals surface area contributed by atoms with Crippen molar-refractivity contribution in [2.45, 2.75) is 19.4 Å². The molecule has 1 saturated heterocycles. The van der Waals surface area contributed by atoms with E-state index in [1.165, 1.54) is 11.9 Å². The van der Waals surface area contributed by atoms with Gasteiger partial charge < -0.3 is 25.1 Å². The molecule has 236 valence electrons. The number of hydrogen-bond donors (Lipinski definition) is 2. The number of H-pyrrole nitrogens is 1. The number of fused-ring (bicyclic) bond motifs is 2. The normalized spacial score (nSPS) is 14.4. The third-order valence-electron chi connectivity index (χ3n) is 8.72. The third kappa shape index (κ3) is 6.17. The summed E-state index contributed by atoms with van der Waals surface area (Å²) in [5, 5.41) is 5.76. The number of ether oxygens (including phenoxy) is 2. The SMILES string of the molecule is COCCCN1CCN(Cc2ccc(-n3nc(-c4ccc5[nH]c(Cc6ccccc6OC)nc5c4)c4c(N)ncnc43)cc2)CC1. The number of piperazine rings is 1. The lowest BCUT2D eigenvalue weighted by molar-refractivity contribution is 0.113. The van der Waals surface area contributed by atoms with Crippen molar-refractivity contribution in [3.8, 4) is 22.7 Å². The average Bonchev–Trinajstić information content (AvgIpc) is 3.68. The molecular weight excluding hydrogens is 578 g/mol. The van der Waals surface area contributed by atoms with E-state index in [2.05, 4.69) is 55.1 Å². The highest BCUT2D eigenvalue weighted by Gasteiger charge is 2.20. The predicted octanol–water partition coefficient (Wildman–Crippen LogP) is 4.69. The molecule has 1 fully saturated rings. The van der Waals surface area contributed by atoms with E-state index < -0.39 is 0 Å². The molecule has 0 saturated carbocycles. The van der Waals surface area contributed by atoms with Crippen molar-refractivity contribution in [2.75, 3.05) is 59.3 Å². The third-order valence-corrected chi connectivity index (χ3v) is 8.72. The smallest absolute Gasteiger partial charge is 0.169 e. The second-order valence-electron chi connectivity index (χ2n) is 11.8. The zero-order valence-corrected chi connectivity index (χ0v) is 26.3. The number of nitrogens with zero attached hydrogens (tertiary/aromatic N) is 7. The average molecular weight is 618 g/mol. The van der Waals surface area contributed by atoms with Gasteiger partial charge in [0.25, 0.3) is 0 Å². The Morgan fingerprint density at radius 2 is 1.72 bits per heavy atom. The molecule has 3 N–H and O–H groups in total. The van der Waals surface area contributed by atoms with Crippen molar-refractivity contribution in [1.29, 1.82) is 0 Å². The van der Waals surface area contributed by atoms with Gasteiger partial charge in [-0.15, -0.1) is 0 Å². The van der Waals surface area contributed by atoms with Gasteiger partial charge >= 0.3 is 0 Å². The molecule has 3 aromatic heterocycles. The van der Waals surface area contributed by atoms with Crippen LogP contribution in [0, 0.1) is 0 Å². The summed E-state index contributed by atoms with van der Waals surface area (Å²) in [5.74, 6) is 2.10. The number of methoxy groups -OCH3 is 2. The maximum atomic E-state index is 6.43. The van der Waals surface area contributed by atoms with Crippen molar-refractivity contribution in [3.63, 3.8) is 0 Å². The lowest BCUT2D eigenvalue weighted by atomic mass is 10.1. The monoisotopic (exact) mass is 617 g/mol. The summed E-state index contributed by atoms with van der Waals surface area (Å²) in [4.78, 5) is 22.3. The molecule has 11 nitrogen and oxygen atoms in total. The van der Waals surface area contributed by atoms with Crippen LogP contribution in [0.1, 0.15) is 23.4 Å². The number of aromatic nitrogens is 6. The van der Waals surface area contributed by atoms with Crippen molar-refractivity contribution in [1.82, 2.24) is 39.5 Å². The molecule has 11 heteroatoms. The molecule has 7 rings (SSSR count). The van der Waals surface area contributed by atoms with Crippen LogP contribution in [0.5, 0.6) is 5.75 Å². The summed E-state index contributed by atoms with van der Waals surface area (Å²) in [5.41, 5.74) is 13.8. The van der Waals surface area contributed by atoms with Crippen LogP contribution in [-0.2, 0) is 17.7 Å². The van der Waals surface area contributed by atoms with Crippen LogP contribution in [0.25, 0.3) is 39.0 Å². The molecule has 1 aliphatic rings. The highest BCUT2D eigenvalue weighted by Crippen LogP contribution is 2.33. The molecule has 46 heavy (non-hydrogen) atoms. The van der Waals surface area contributed by atoms with Gasteiger partial charge in [-0.05, 0) is 42.3 Å². The molecule has 0 unspecified atom stereocenters. The van der Waals surface area contributed by atoms with Gasteiger partial charge in [0.15, 0.2) is 5.65 Å². The van der Waals surface area contributed by atoms with E-state index in [4.69, 9.17) is 25.3 Å². The Morgan fingerprint density at radius 3 is 2.52 bits per heavy atom. The van der Waals surface area contributed by atoms with Crippen molar-refractivity contribution in [3.05, 3.63) is 90.0 Å². The number of benzene rings is 3. The molecule has 3 aromatic carbocycles. The molecule has 1 aliphatic heterocycles. The van der Waals surface area contributed by atoms with Crippen LogP contribution in [0.15, 0.2) is 73.1 Å². The highest BCUT2D eigenvalue weighted by molar-refractivity contribution is 6.00. The van der Waals surface area contributed by atoms with Gasteiger partial charge in [-0.1, -0.05) is 36.4 Å². The molecule has 6 aromatic rings. The molecule has 0 atom stereocenters. The molecule has 4 heterocycles. The molecule has 0 spiro atoms. The van der Waals surface area contributed by atoms with E-state index in [9.17, 15) is 0 Å². The summed E-state index contributed by atoms with van der Waals surface area (Å²) < 4.78 is 12.6. The quantitative estimate of drug-likeness (QED) is 0.199. The minimum absolute atomic E-state index is 0.392. The largest absolute Gasteiger partial charge is 0.496 e. The fourth-order valence-electron chi connectivity index (χ4n) is 6.28. The zero-order chi connectivity index (χ0) is 31.5. The van der Waals surface area contributed by atoms with E-state index in [0.717, 1.165) is 103 Å². The Bertz CT molecular complexity index is 1940. The van der Waals surface area contributed by atoms with Crippen molar-refractivity contribution < 1.29 is 9.47 Å². The highest BCUT2D eigenvalue weighted by atomic mass is 16.5. The summed E-state index contributed by atoms with van der Waals surface area (Å²) in [7, 11) is 3.45. The lowest BCUT2D eigenvalue weighted by Crippen LogP contribution is -2.46. The Hall–Kier alpha value is -4.84. The molecular formula is C35H39N9O2. The van der Waals surface area contributed by atoms with Crippen LogP contribution in [0.4, 0.5) is 5.82 Å².